The molecule has 0 aromatic heterocycles. The Bertz CT molecular complexity index is 98.8. The van der Waals surface area contributed by atoms with E-state index in [0.29, 0.717) is 12.3 Å². The summed E-state index contributed by atoms with van der Waals surface area (Å²) in [5.74, 6) is 0.586. The van der Waals surface area contributed by atoms with Crippen molar-refractivity contribution in [3.63, 3.8) is 0 Å². The molecule has 0 amide bonds. The zero-order valence-electron chi connectivity index (χ0n) is 7.24. The molecule has 0 radical (unpaired) electrons. The number of hydrogen-bond donors (Lipinski definition) is 0. The molecule has 0 fully saturated rings. The van der Waals surface area contributed by atoms with E-state index in [2.05, 4.69) is 13.8 Å². The summed E-state index contributed by atoms with van der Waals surface area (Å²) in [6.45, 7) is 4.18. The quantitative estimate of drug-likeness (QED) is 0.569. The minimum Gasteiger partial charge on any atom is -0.203 e. The van der Waals surface area contributed by atoms with Crippen LogP contribution in [-0.2, 0) is 0 Å². The number of hydrogen-bond acceptors (Lipinski definition) is 0. The third kappa shape index (κ3) is 8.19. The highest BCUT2D eigenvalue weighted by molar-refractivity contribution is 7.18. The molecule has 0 saturated carbocycles. The summed E-state index contributed by atoms with van der Waals surface area (Å²) >= 11 is 0. The zero-order valence-corrected chi connectivity index (χ0v) is 8.39. The van der Waals surface area contributed by atoms with Gasteiger partial charge >= 0.3 is 0 Å². The highest BCUT2D eigenvalue weighted by Gasteiger charge is 2.20. The summed E-state index contributed by atoms with van der Waals surface area (Å²) in [6, 6.07) is 0. The SMILES string of the molecule is CCC(C)CCCC(F)(F)P. The first-order chi connectivity index (χ1) is 4.95. The molecule has 0 bridgehead atoms. The third-order valence-corrected chi connectivity index (χ3v) is 2.19. The van der Waals surface area contributed by atoms with Crippen LogP contribution in [0.3, 0.4) is 0 Å². The van der Waals surface area contributed by atoms with Gasteiger partial charge in [0, 0.05) is 6.42 Å². The van der Waals surface area contributed by atoms with Crippen LogP contribution in [0, 0.1) is 5.92 Å². The van der Waals surface area contributed by atoms with Crippen LogP contribution in [0.4, 0.5) is 8.78 Å². The van der Waals surface area contributed by atoms with Crippen molar-refractivity contribution in [1.29, 1.82) is 0 Å². The molecular weight excluding hydrogens is 165 g/mol. The molecule has 2 atom stereocenters. The predicted molar refractivity (Wildman–Crippen MR) is 48.0 cm³/mol. The lowest BCUT2D eigenvalue weighted by Crippen LogP contribution is -2.05. The summed E-state index contributed by atoms with van der Waals surface area (Å²) in [4.78, 5) is 0. The maximum atomic E-state index is 12.2. The Morgan fingerprint density at radius 1 is 1.45 bits per heavy atom. The lowest BCUT2D eigenvalue weighted by atomic mass is 10.0. The molecule has 0 rings (SSSR count). The molecule has 0 saturated heterocycles. The van der Waals surface area contributed by atoms with E-state index in [-0.39, 0.29) is 6.42 Å². The largest absolute Gasteiger partial charge is 0.259 e. The lowest BCUT2D eigenvalue weighted by Gasteiger charge is -2.11. The first-order valence-electron chi connectivity index (χ1n) is 4.12. The van der Waals surface area contributed by atoms with Gasteiger partial charge in [-0.2, -0.15) is 0 Å². The average molecular weight is 182 g/mol. The van der Waals surface area contributed by atoms with Crippen LogP contribution in [0.2, 0.25) is 0 Å². The van der Waals surface area contributed by atoms with Crippen molar-refractivity contribution in [2.75, 3.05) is 0 Å². The predicted octanol–water partition coefficient (Wildman–Crippen LogP) is 3.67. The van der Waals surface area contributed by atoms with Crippen molar-refractivity contribution in [2.24, 2.45) is 5.92 Å². The number of halogens is 2. The van der Waals surface area contributed by atoms with Gasteiger partial charge in [-0.3, -0.25) is 0 Å². The maximum absolute atomic E-state index is 12.2. The Labute approximate surface area is 70.0 Å². The van der Waals surface area contributed by atoms with Crippen LogP contribution < -0.4 is 0 Å². The van der Waals surface area contributed by atoms with E-state index in [1.807, 2.05) is 0 Å². The van der Waals surface area contributed by atoms with E-state index in [0.717, 1.165) is 12.8 Å². The van der Waals surface area contributed by atoms with E-state index >= 15 is 0 Å². The van der Waals surface area contributed by atoms with Gasteiger partial charge in [0.05, 0.1) is 0 Å². The van der Waals surface area contributed by atoms with Crippen LogP contribution in [-0.4, -0.2) is 5.66 Å². The van der Waals surface area contributed by atoms with Gasteiger partial charge in [-0.25, -0.2) is 8.78 Å². The van der Waals surface area contributed by atoms with Crippen LogP contribution in [0.15, 0.2) is 0 Å². The molecule has 0 nitrogen and oxygen atoms in total. The molecule has 0 aliphatic rings. The molecule has 11 heavy (non-hydrogen) atoms. The number of alkyl halides is 2. The smallest absolute Gasteiger partial charge is 0.203 e. The van der Waals surface area contributed by atoms with Crippen LogP contribution in [0.1, 0.15) is 39.5 Å². The van der Waals surface area contributed by atoms with E-state index in [1.165, 1.54) is 0 Å². The van der Waals surface area contributed by atoms with Crippen molar-refractivity contribution >= 4 is 9.24 Å². The summed E-state index contributed by atoms with van der Waals surface area (Å²) in [5.41, 5.74) is -2.55. The summed E-state index contributed by atoms with van der Waals surface area (Å²) < 4.78 is 24.5. The fourth-order valence-electron chi connectivity index (χ4n) is 0.890. The Balaban J connectivity index is 3.28. The van der Waals surface area contributed by atoms with Crippen molar-refractivity contribution in [3.8, 4) is 0 Å². The summed E-state index contributed by atoms with van der Waals surface area (Å²) in [6.07, 6.45) is 2.64. The van der Waals surface area contributed by atoms with Crippen molar-refractivity contribution in [3.05, 3.63) is 0 Å². The van der Waals surface area contributed by atoms with Crippen molar-refractivity contribution in [2.45, 2.75) is 45.2 Å². The molecule has 0 N–H and O–H groups in total. The number of rotatable bonds is 5. The van der Waals surface area contributed by atoms with Gasteiger partial charge in [0.2, 0.25) is 0 Å². The third-order valence-electron chi connectivity index (χ3n) is 1.90. The monoisotopic (exact) mass is 182 g/mol. The van der Waals surface area contributed by atoms with Gasteiger partial charge in [0.1, 0.15) is 0 Å². The fourth-order valence-corrected chi connectivity index (χ4v) is 1.09. The highest BCUT2D eigenvalue weighted by atomic mass is 31.0. The van der Waals surface area contributed by atoms with E-state index < -0.39 is 5.66 Å². The second-order valence-electron chi connectivity index (χ2n) is 3.17. The second kappa shape index (κ2) is 5.03. The normalized spacial score (nSPS) is 15.0. The van der Waals surface area contributed by atoms with Gasteiger partial charge in [-0.1, -0.05) is 35.9 Å². The molecule has 0 spiro atoms. The molecule has 68 valence electrons. The van der Waals surface area contributed by atoms with Gasteiger partial charge in [-0.05, 0) is 12.3 Å². The lowest BCUT2D eigenvalue weighted by molar-refractivity contribution is 0.0896. The Morgan fingerprint density at radius 2 is 2.00 bits per heavy atom. The van der Waals surface area contributed by atoms with E-state index in [1.54, 1.807) is 9.24 Å². The van der Waals surface area contributed by atoms with Crippen molar-refractivity contribution in [1.82, 2.24) is 0 Å². The first-order valence-corrected chi connectivity index (χ1v) is 4.70. The summed E-state index contributed by atoms with van der Waals surface area (Å²) in [5, 5.41) is 0. The van der Waals surface area contributed by atoms with E-state index in [9.17, 15) is 8.78 Å². The maximum Gasteiger partial charge on any atom is 0.259 e. The van der Waals surface area contributed by atoms with E-state index in [4.69, 9.17) is 0 Å². The fraction of sp³-hybridized carbons (Fsp3) is 1.00. The van der Waals surface area contributed by atoms with Crippen LogP contribution >= 0.6 is 9.24 Å². The molecule has 0 aromatic rings. The van der Waals surface area contributed by atoms with Gasteiger partial charge in [0.15, 0.2) is 0 Å². The summed E-state index contributed by atoms with van der Waals surface area (Å²) in [7, 11) is 1.58. The Hall–Kier alpha value is 0.290. The van der Waals surface area contributed by atoms with Crippen LogP contribution in [0.5, 0.6) is 0 Å². The van der Waals surface area contributed by atoms with Gasteiger partial charge in [-0.15, -0.1) is 0 Å². The average Bonchev–Trinajstić information content (AvgIpc) is 1.85. The van der Waals surface area contributed by atoms with Gasteiger partial charge < -0.3 is 0 Å². The minimum absolute atomic E-state index is 0.00199. The molecule has 0 aromatic carbocycles. The zero-order chi connectivity index (χ0) is 8.91. The minimum atomic E-state index is -2.55. The molecule has 0 heterocycles. The highest BCUT2D eigenvalue weighted by Crippen LogP contribution is 2.29. The second-order valence-corrected chi connectivity index (χ2v) is 4.01. The van der Waals surface area contributed by atoms with Gasteiger partial charge in [0.25, 0.3) is 5.66 Å². The van der Waals surface area contributed by atoms with Crippen LogP contribution in [0.25, 0.3) is 0 Å². The molecule has 2 unspecified atom stereocenters. The Morgan fingerprint density at radius 3 is 2.36 bits per heavy atom. The Kier molecular flexibility index (Phi) is 5.16. The molecule has 0 aliphatic heterocycles. The molecular formula is C8H17F2P. The molecule has 0 aliphatic carbocycles. The molecule has 3 heteroatoms. The first kappa shape index (κ1) is 11.3. The standard InChI is InChI=1S/C8H17F2P/c1-3-7(2)5-4-6-8(9,10)11/h7H,3-6,11H2,1-2H3. The topological polar surface area (TPSA) is 0 Å². The van der Waals surface area contributed by atoms with Crippen molar-refractivity contribution < 1.29 is 8.78 Å².